The lowest BCUT2D eigenvalue weighted by Crippen LogP contribution is -2.32. The van der Waals surface area contributed by atoms with Gasteiger partial charge in [-0.3, -0.25) is 4.98 Å². The van der Waals surface area contributed by atoms with Crippen molar-refractivity contribution in [3.05, 3.63) is 82.4 Å². The van der Waals surface area contributed by atoms with E-state index in [1.807, 2.05) is 24.4 Å². The number of pyridine rings is 1. The number of thiocarbonyl (C=S) groups is 1. The van der Waals surface area contributed by atoms with Crippen molar-refractivity contribution in [3.8, 4) is 5.69 Å². The second-order valence-electron chi connectivity index (χ2n) is 8.14. The van der Waals surface area contributed by atoms with Gasteiger partial charge in [0.05, 0.1) is 30.1 Å². The van der Waals surface area contributed by atoms with Crippen molar-refractivity contribution in [1.82, 2.24) is 19.8 Å². The fourth-order valence-electron chi connectivity index (χ4n) is 4.85. The van der Waals surface area contributed by atoms with Gasteiger partial charge in [-0.25, -0.2) is 0 Å². The van der Waals surface area contributed by atoms with Crippen LogP contribution in [-0.4, -0.2) is 37.8 Å². The number of benzene rings is 1. The van der Waals surface area contributed by atoms with E-state index in [-0.39, 0.29) is 18.7 Å². The summed E-state index contributed by atoms with van der Waals surface area (Å²) in [6.45, 7) is 9.25. The zero-order valence-electron chi connectivity index (χ0n) is 18.6. The molecule has 3 heterocycles. The Morgan fingerprint density at radius 2 is 1.94 bits per heavy atom. The number of nitrogens with one attached hydrogen (secondary N) is 1. The third-order valence-corrected chi connectivity index (χ3v) is 6.61. The minimum absolute atomic E-state index is 0.0383. The van der Waals surface area contributed by atoms with E-state index >= 15 is 0 Å². The van der Waals surface area contributed by atoms with Gasteiger partial charge in [-0.1, -0.05) is 31.2 Å². The number of aliphatic hydroxyl groups is 1. The monoisotopic (exact) mass is 434 g/mol. The molecule has 0 radical (unpaired) electrons. The smallest absolute Gasteiger partial charge is 0.170 e. The molecule has 0 aliphatic carbocycles. The summed E-state index contributed by atoms with van der Waals surface area (Å²) in [5.41, 5.74) is 8.41. The number of hydrogen-bond acceptors (Lipinski definition) is 3. The standard InChI is InChI=1S/C25H30N4OS/c1-5-19-10-8-9-16(2)23(19)29-17(3)15-20(18(29)4)24-22(21-11-6-7-12-26-21)27-25(31)28(24)13-14-30/h6-12,15,22,24,30H,5,13-14H2,1-4H3,(H,27,31)/t22-,24-/m1/s1. The molecule has 5 nitrogen and oxygen atoms in total. The van der Waals surface area contributed by atoms with E-state index in [4.69, 9.17) is 12.2 Å². The molecule has 31 heavy (non-hydrogen) atoms. The molecule has 1 fully saturated rings. The van der Waals surface area contributed by atoms with Gasteiger partial charge in [-0.2, -0.15) is 0 Å². The molecule has 0 bridgehead atoms. The van der Waals surface area contributed by atoms with E-state index in [0.717, 1.165) is 12.1 Å². The molecule has 2 aromatic heterocycles. The van der Waals surface area contributed by atoms with Gasteiger partial charge in [0, 0.05) is 24.1 Å². The first-order valence-electron chi connectivity index (χ1n) is 10.8. The molecule has 3 aromatic rings. The molecule has 1 aromatic carbocycles. The molecule has 2 atom stereocenters. The Hall–Kier alpha value is -2.70. The summed E-state index contributed by atoms with van der Waals surface area (Å²) < 4.78 is 2.37. The molecular weight excluding hydrogens is 404 g/mol. The Bertz CT molecular complexity index is 1090. The van der Waals surface area contributed by atoms with Crippen molar-refractivity contribution < 1.29 is 5.11 Å². The third kappa shape index (κ3) is 3.75. The average molecular weight is 435 g/mol. The third-order valence-electron chi connectivity index (χ3n) is 6.25. The Morgan fingerprint density at radius 3 is 2.61 bits per heavy atom. The molecule has 6 heteroatoms. The van der Waals surface area contributed by atoms with Crippen molar-refractivity contribution >= 4 is 17.3 Å². The lowest BCUT2D eigenvalue weighted by molar-refractivity contribution is 0.223. The van der Waals surface area contributed by atoms with Crippen molar-refractivity contribution in [1.29, 1.82) is 0 Å². The molecule has 0 saturated carbocycles. The van der Waals surface area contributed by atoms with Gasteiger partial charge in [0.2, 0.25) is 0 Å². The Kier molecular flexibility index (Phi) is 6.12. The topological polar surface area (TPSA) is 53.3 Å². The van der Waals surface area contributed by atoms with Crippen LogP contribution in [0.1, 0.15) is 52.8 Å². The number of rotatable bonds is 6. The van der Waals surface area contributed by atoms with Gasteiger partial charge in [0.1, 0.15) is 0 Å². The van der Waals surface area contributed by atoms with Crippen molar-refractivity contribution in [2.45, 2.75) is 46.2 Å². The summed E-state index contributed by atoms with van der Waals surface area (Å²) in [6.07, 6.45) is 2.79. The maximum Gasteiger partial charge on any atom is 0.170 e. The second-order valence-corrected chi connectivity index (χ2v) is 8.53. The van der Waals surface area contributed by atoms with Crippen LogP contribution in [-0.2, 0) is 6.42 Å². The average Bonchev–Trinajstić information content (AvgIpc) is 3.24. The van der Waals surface area contributed by atoms with Crippen molar-refractivity contribution in [3.63, 3.8) is 0 Å². The number of aliphatic hydroxyl groups excluding tert-OH is 1. The van der Waals surface area contributed by atoms with Crippen LogP contribution in [0, 0.1) is 20.8 Å². The van der Waals surface area contributed by atoms with E-state index in [0.29, 0.717) is 11.7 Å². The first kappa shape index (κ1) is 21.5. The lowest BCUT2D eigenvalue weighted by Gasteiger charge is -2.27. The van der Waals surface area contributed by atoms with Gasteiger partial charge in [0.15, 0.2) is 5.11 Å². The normalized spacial score (nSPS) is 18.5. The molecule has 4 rings (SSSR count). The van der Waals surface area contributed by atoms with Gasteiger partial charge in [0.25, 0.3) is 0 Å². The van der Waals surface area contributed by atoms with Crippen LogP contribution < -0.4 is 5.32 Å². The molecule has 0 amide bonds. The van der Waals surface area contributed by atoms with E-state index in [2.05, 4.69) is 71.7 Å². The van der Waals surface area contributed by atoms with E-state index in [1.54, 1.807) is 0 Å². The molecule has 0 spiro atoms. The molecule has 1 aliphatic heterocycles. The molecular formula is C25H30N4OS. The predicted molar refractivity (Wildman–Crippen MR) is 129 cm³/mol. The molecule has 1 saturated heterocycles. The zero-order valence-corrected chi connectivity index (χ0v) is 19.4. The highest BCUT2D eigenvalue weighted by molar-refractivity contribution is 7.80. The van der Waals surface area contributed by atoms with E-state index in [1.165, 1.54) is 33.8 Å². The Balaban J connectivity index is 1.88. The van der Waals surface area contributed by atoms with E-state index < -0.39 is 0 Å². The predicted octanol–water partition coefficient (Wildman–Crippen LogP) is 4.32. The SMILES string of the molecule is CCc1cccc(C)c1-n1c(C)cc([C@@H]2[C@@H](c3ccccn3)NC(=S)N2CCO)c1C. The zero-order chi connectivity index (χ0) is 22.1. The molecule has 162 valence electrons. The van der Waals surface area contributed by atoms with Crippen molar-refractivity contribution in [2.75, 3.05) is 13.2 Å². The van der Waals surface area contributed by atoms with Gasteiger partial charge in [-0.05, 0) is 74.3 Å². The van der Waals surface area contributed by atoms with Crippen molar-refractivity contribution in [2.24, 2.45) is 0 Å². The highest BCUT2D eigenvalue weighted by atomic mass is 32.1. The van der Waals surface area contributed by atoms with E-state index in [9.17, 15) is 5.11 Å². The second kappa shape index (κ2) is 8.81. The first-order valence-corrected chi connectivity index (χ1v) is 11.2. The van der Waals surface area contributed by atoms with Crippen LogP contribution in [0.25, 0.3) is 5.69 Å². The fraction of sp³-hybridized carbons (Fsp3) is 0.360. The highest BCUT2D eigenvalue weighted by Crippen LogP contribution is 2.41. The van der Waals surface area contributed by atoms with Gasteiger partial charge in [-0.15, -0.1) is 0 Å². The largest absolute Gasteiger partial charge is 0.395 e. The van der Waals surface area contributed by atoms with Crippen LogP contribution in [0.4, 0.5) is 0 Å². The van der Waals surface area contributed by atoms with Crippen LogP contribution in [0.3, 0.4) is 0 Å². The Labute approximate surface area is 189 Å². The van der Waals surface area contributed by atoms with Crippen LogP contribution in [0.15, 0.2) is 48.7 Å². The van der Waals surface area contributed by atoms with Crippen LogP contribution >= 0.6 is 12.2 Å². The lowest BCUT2D eigenvalue weighted by atomic mass is 9.96. The maximum atomic E-state index is 9.73. The highest BCUT2D eigenvalue weighted by Gasteiger charge is 2.41. The minimum atomic E-state index is -0.0725. The first-order chi connectivity index (χ1) is 15.0. The minimum Gasteiger partial charge on any atom is -0.395 e. The molecule has 1 aliphatic rings. The van der Waals surface area contributed by atoms with Crippen LogP contribution in [0.5, 0.6) is 0 Å². The Morgan fingerprint density at radius 1 is 1.13 bits per heavy atom. The summed E-state index contributed by atoms with van der Waals surface area (Å²) in [7, 11) is 0. The molecule has 2 N–H and O–H groups in total. The fourth-order valence-corrected chi connectivity index (χ4v) is 5.18. The van der Waals surface area contributed by atoms with Gasteiger partial charge >= 0.3 is 0 Å². The summed E-state index contributed by atoms with van der Waals surface area (Å²) in [5.74, 6) is 0. The summed E-state index contributed by atoms with van der Waals surface area (Å²) in [4.78, 5) is 6.70. The number of para-hydroxylation sites is 1. The summed E-state index contributed by atoms with van der Waals surface area (Å²) in [5, 5.41) is 13.8. The maximum absolute atomic E-state index is 9.73. The number of aryl methyl sites for hydroxylation is 3. The van der Waals surface area contributed by atoms with Gasteiger partial charge < -0.3 is 19.9 Å². The number of aromatic nitrogens is 2. The van der Waals surface area contributed by atoms with Crippen LogP contribution in [0.2, 0.25) is 0 Å². The summed E-state index contributed by atoms with van der Waals surface area (Å²) in [6, 6.07) is 14.6. The summed E-state index contributed by atoms with van der Waals surface area (Å²) >= 11 is 5.67. The number of β-amino-alcohol motifs (C(OH)–C–C–N with tert-alkyl or cyclic N) is 1. The molecule has 0 unspecified atom stereocenters. The number of hydrogen-bond donors (Lipinski definition) is 2. The number of nitrogens with zero attached hydrogens (tertiary/aromatic N) is 3. The quantitative estimate of drug-likeness (QED) is 0.566.